The maximum Gasteiger partial charge on any atom is 0.0716 e. The van der Waals surface area contributed by atoms with Crippen LogP contribution in [-0.4, -0.2) is 4.98 Å². The van der Waals surface area contributed by atoms with Crippen LogP contribution in [0.25, 0.3) is 10.6 Å². The van der Waals surface area contributed by atoms with Crippen LogP contribution in [0.4, 0.5) is 4.39 Å². The molecule has 0 N–H and O–H groups in total. The normalized spacial score (nSPS) is 9.31. The fraction of sp³-hybridized carbons (Fsp3) is 0. The average molecular weight is 370 g/mol. The second-order valence-corrected chi connectivity index (χ2v) is 3.24. The van der Waals surface area contributed by atoms with E-state index >= 15 is 0 Å². The largest absolute Gasteiger partial charge is 0.319 e. The number of nitrogens with zero attached hydrogens (tertiary/aromatic N) is 1. The zero-order chi connectivity index (χ0) is 8.39. The molecule has 0 aliphatic carbocycles. The molecule has 0 aliphatic rings. The summed E-state index contributed by atoms with van der Waals surface area (Å²) in [6, 6.07) is 9.66. The van der Waals surface area contributed by atoms with Gasteiger partial charge < -0.3 is 4.98 Å². The maximum absolute atomic E-state index is 12.6. The molecular formula is C9H5FIrNS-. The van der Waals surface area contributed by atoms with Gasteiger partial charge in [0.2, 0.25) is 0 Å². The Kier molecular flexibility index (Phi) is 3.72. The Bertz CT molecular complexity index is 374. The minimum absolute atomic E-state index is 0. The number of halogens is 1. The van der Waals surface area contributed by atoms with Gasteiger partial charge in [-0.2, -0.15) is 17.4 Å². The van der Waals surface area contributed by atoms with Gasteiger partial charge in [0.05, 0.1) is 5.13 Å². The molecule has 2 heterocycles. The fourth-order valence-electron chi connectivity index (χ4n) is 0.902. The first-order valence-electron chi connectivity index (χ1n) is 3.45. The SMILES string of the molecule is Fc1c[c-]c(-c2ccccn2)s1.[Ir]. The van der Waals surface area contributed by atoms with E-state index in [2.05, 4.69) is 11.1 Å². The van der Waals surface area contributed by atoms with E-state index in [1.54, 1.807) is 6.20 Å². The Hall–Kier alpha value is -0.571. The quantitative estimate of drug-likeness (QED) is 0.704. The van der Waals surface area contributed by atoms with Gasteiger partial charge in [-0.3, -0.25) is 4.39 Å². The van der Waals surface area contributed by atoms with Crippen LogP contribution in [0.2, 0.25) is 0 Å². The van der Waals surface area contributed by atoms with Gasteiger partial charge in [0, 0.05) is 26.3 Å². The molecule has 2 aromatic rings. The van der Waals surface area contributed by atoms with Crippen LogP contribution < -0.4 is 0 Å². The minimum Gasteiger partial charge on any atom is -0.319 e. The van der Waals surface area contributed by atoms with Gasteiger partial charge in [-0.15, -0.1) is 6.07 Å². The molecule has 0 spiro atoms. The van der Waals surface area contributed by atoms with Crippen molar-refractivity contribution in [2.24, 2.45) is 0 Å². The van der Waals surface area contributed by atoms with E-state index in [0.29, 0.717) is 0 Å². The van der Waals surface area contributed by atoms with Crippen LogP contribution >= 0.6 is 11.3 Å². The number of thiophene rings is 1. The minimum atomic E-state index is -0.226. The zero-order valence-electron chi connectivity index (χ0n) is 6.45. The van der Waals surface area contributed by atoms with E-state index in [4.69, 9.17) is 0 Å². The summed E-state index contributed by atoms with van der Waals surface area (Å²) in [7, 11) is 0. The molecule has 13 heavy (non-hydrogen) atoms. The summed E-state index contributed by atoms with van der Waals surface area (Å²) in [6.45, 7) is 0. The third-order valence-electron chi connectivity index (χ3n) is 1.41. The van der Waals surface area contributed by atoms with E-state index in [1.165, 1.54) is 6.07 Å². The molecule has 2 rings (SSSR count). The van der Waals surface area contributed by atoms with Crippen molar-refractivity contribution in [1.29, 1.82) is 0 Å². The molecule has 1 nitrogen and oxygen atoms in total. The predicted octanol–water partition coefficient (Wildman–Crippen LogP) is 2.75. The summed E-state index contributed by atoms with van der Waals surface area (Å²) >= 11 is 1.06. The first kappa shape index (κ1) is 10.5. The monoisotopic (exact) mass is 371 g/mol. The number of aromatic nitrogens is 1. The van der Waals surface area contributed by atoms with Crippen molar-refractivity contribution in [1.82, 2.24) is 4.98 Å². The van der Waals surface area contributed by atoms with E-state index in [-0.39, 0.29) is 25.2 Å². The number of hydrogen-bond donors (Lipinski definition) is 0. The Morgan fingerprint density at radius 3 is 2.77 bits per heavy atom. The summed E-state index contributed by atoms with van der Waals surface area (Å²) < 4.78 is 12.6. The van der Waals surface area contributed by atoms with Gasteiger partial charge in [-0.05, 0) is 11.8 Å². The first-order valence-corrected chi connectivity index (χ1v) is 4.26. The number of rotatable bonds is 1. The van der Waals surface area contributed by atoms with E-state index in [1.807, 2.05) is 18.2 Å². The van der Waals surface area contributed by atoms with Crippen molar-refractivity contribution >= 4 is 11.3 Å². The molecule has 0 atom stereocenters. The predicted molar refractivity (Wildman–Crippen MR) is 46.3 cm³/mol. The van der Waals surface area contributed by atoms with Crippen LogP contribution in [0.1, 0.15) is 0 Å². The molecule has 0 unspecified atom stereocenters. The molecule has 4 heteroatoms. The van der Waals surface area contributed by atoms with Crippen LogP contribution in [0.3, 0.4) is 0 Å². The summed E-state index contributed by atoms with van der Waals surface area (Å²) in [5, 5.41) is -0.226. The van der Waals surface area contributed by atoms with Gasteiger partial charge >= 0.3 is 0 Å². The fourth-order valence-corrected chi connectivity index (χ4v) is 1.56. The Morgan fingerprint density at radius 1 is 1.38 bits per heavy atom. The van der Waals surface area contributed by atoms with E-state index in [9.17, 15) is 4.39 Å². The summed E-state index contributed by atoms with van der Waals surface area (Å²) in [4.78, 5) is 4.82. The third kappa shape index (κ3) is 2.43. The van der Waals surface area contributed by atoms with Gasteiger partial charge in [0.15, 0.2) is 0 Å². The topological polar surface area (TPSA) is 12.9 Å². The van der Waals surface area contributed by atoms with Gasteiger partial charge in [-0.1, -0.05) is 17.0 Å². The zero-order valence-corrected chi connectivity index (χ0v) is 9.67. The molecule has 0 fully saturated rings. The Balaban J connectivity index is 0.000000845. The van der Waals surface area contributed by atoms with Crippen molar-refractivity contribution < 1.29 is 24.5 Å². The molecule has 0 amide bonds. The van der Waals surface area contributed by atoms with Gasteiger partial charge in [0.25, 0.3) is 0 Å². The molecule has 2 aromatic heterocycles. The second-order valence-electron chi connectivity index (χ2n) is 2.24. The summed E-state index contributed by atoms with van der Waals surface area (Å²) in [6.07, 6.45) is 1.68. The Labute approximate surface area is 93.0 Å². The van der Waals surface area contributed by atoms with Crippen molar-refractivity contribution in [3.8, 4) is 10.6 Å². The van der Waals surface area contributed by atoms with Gasteiger partial charge in [-0.25, -0.2) is 0 Å². The number of hydrogen-bond acceptors (Lipinski definition) is 2. The van der Waals surface area contributed by atoms with Crippen LogP contribution in [0.5, 0.6) is 0 Å². The van der Waals surface area contributed by atoms with Crippen molar-refractivity contribution in [2.75, 3.05) is 0 Å². The average Bonchev–Trinajstić information content (AvgIpc) is 2.54. The maximum atomic E-state index is 12.6. The van der Waals surface area contributed by atoms with Crippen molar-refractivity contribution in [2.45, 2.75) is 0 Å². The summed E-state index contributed by atoms with van der Waals surface area (Å²) in [5.41, 5.74) is 0.770. The number of pyridine rings is 1. The molecule has 1 radical (unpaired) electrons. The first-order chi connectivity index (χ1) is 5.86. The van der Waals surface area contributed by atoms with E-state index < -0.39 is 0 Å². The van der Waals surface area contributed by atoms with Crippen molar-refractivity contribution in [3.63, 3.8) is 0 Å². The Morgan fingerprint density at radius 2 is 2.23 bits per heavy atom. The summed E-state index contributed by atoms with van der Waals surface area (Å²) in [5.74, 6) is 0. The molecule has 0 saturated heterocycles. The third-order valence-corrected chi connectivity index (χ3v) is 2.26. The van der Waals surface area contributed by atoms with Gasteiger partial charge in [0.1, 0.15) is 0 Å². The van der Waals surface area contributed by atoms with Crippen LogP contribution in [-0.2, 0) is 20.1 Å². The molecule has 69 valence electrons. The second kappa shape index (κ2) is 4.61. The van der Waals surface area contributed by atoms with Crippen molar-refractivity contribution in [3.05, 3.63) is 41.7 Å². The van der Waals surface area contributed by atoms with E-state index in [0.717, 1.165) is 21.9 Å². The molecule has 0 aromatic carbocycles. The van der Waals surface area contributed by atoms with Crippen LogP contribution in [0, 0.1) is 11.2 Å². The molecule has 0 bridgehead atoms. The molecular weight excluding hydrogens is 365 g/mol. The molecule has 0 aliphatic heterocycles. The molecule has 0 saturated carbocycles. The smallest absolute Gasteiger partial charge is 0.0716 e. The van der Waals surface area contributed by atoms with Crippen LogP contribution in [0.15, 0.2) is 30.5 Å². The standard InChI is InChI=1S/C9H5FNS.Ir/c10-9-5-4-8(12-9)7-3-1-2-6-11-7;/h1-3,5-6H;/q-1;.